The summed E-state index contributed by atoms with van der Waals surface area (Å²) in [6.07, 6.45) is 0. The molecule has 1 N–H and O–H groups in total. The summed E-state index contributed by atoms with van der Waals surface area (Å²) in [7, 11) is 0. The third-order valence-corrected chi connectivity index (χ3v) is 4.14. The molecule has 1 aliphatic carbocycles. The Morgan fingerprint density at radius 3 is 2.37 bits per heavy atom. The van der Waals surface area contributed by atoms with Gasteiger partial charge in [-0.2, -0.15) is 15.6 Å². The van der Waals surface area contributed by atoms with Gasteiger partial charge in [0, 0.05) is 5.92 Å². The summed E-state index contributed by atoms with van der Waals surface area (Å²) in [5, 5.41) is 22.8. The predicted octanol–water partition coefficient (Wildman–Crippen LogP) is 1.31. The van der Waals surface area contributed by atoms with Crippen LogP contribution in [0.3, 0.4) is 0 Å². The lowest BCUT2D eigenvalue weighted by atomic mass is 9.90. The molecule has 0 aromatic heterocycles. The van der Waals surface area contributed by atoms with Crippen LogP contribution in [0.5, 0.6) is 0 Å². The second-order valence-electron chi connectivity index (χ2n) is 4.82. The summed E-state index contributed by atoms with van der Waals surface area (Å²) >= 11 is 0. The van der Waals surface area contributed by atoms with Crippen molar-refractivity contribution in [2.24, 2.45) is 15.9 Å². The van der Waals surface area contributed by atoms with Crippen molar-refractivity contribution < 1.29 is 4.79 Å². The Morgan fingerprint density at radius 2 is 1.89 bits per heavy atom. The van der Waals surface area contributed by atoms with Crippen LogP contribution in [0, 0.1) is 33.5 Å². The molecular weight excluding hydrogens is 240 g/mol. The Kier molecular flexibility index (Phi) is 2.06. The zero-order valence-electron chi connectivity index (χ0n) is 10.2. The number of amides is 1. The van der Waals surface area contributed by atoms with E-state index in [0.29, 0.717) is 5.71 Å². The van der Waals surface area contributed by atoms with Crippen LogP contribution < -0.4 is 5.43 Å². The fourth-order valence-electron chi connectivity index (χ4n) is 3.23. The van der Waals surface area contributed by atoms with Gasteiger partial charge in [0.05, 0.1) is 17.9 Å². The van der Waals surface area contributed by atoms with Crippen molar-refractivity contribution in [3.63, 3.8) is 0 Å². The van der Waals surface area contributed by atoms with Gasteiger partial charge in [0.1, 0.15) is 5.41 Å². The molecule has 1 aromatic carbocycles. The molecule has 1 aromatic rings. The maximum Gasteiger partial charge on any atom is 0.255 e. The maximum absolute atomic E-state index is 12.2. The number of nitrogens with one attached hydrogen (secondary N) is 1. The van der Waals surface area contributed by atoms with E-state index in [1.54, 1.807) is 6.92 Å². The molecule has 1 fully saturated rings. The van der Waals surface area contributed by atoms with Crippen molar-refractivity contribution in [1.29, 1.82) is 10.5 Å². The summed E-state index contributed by atoms with van der Waals surface area (Å²) in [6, 6.07) is 13.3. The first-order chi connectivity index (χ1) is 9.15. The van der Waals surface area contributed by atoms with E-state index >= 15 is 0 Å². The van der Waals surface area contributed by atoms with Crippen molar-refractivity contribution in [1.82, 2.24) is 5.43 Å². The lowest BCUT2D eigenvalue weighted by Gasteiger charge is -2.06. The summed E-state index contributed by atoms with van der Waals surface area (Å²) in [5.74, 6) is -0.815. The van der Waals surface area contributed by atoms with Crippen LogP contribution >= 0.6 is 0 Å². The third kappa shape index (κ3) is 1.04. The summed E-state index contributed by atoms with van der Waals surface area (Å²) in [4.78, 5) is 12.2. The van der Waals surface area contributed by atoms with Gasteiger partial charge in [-0.15, -0.1) is 0 Å². The molecular formula is C14H10N4O. The number of hydrogen-bond donors (Lipinski definition) is 1. The van der Waals surface area contributed by atoms with Crippen molar-refractivity contribution in [2.75, 3.05) is 0 Å². The van der Waals surface area contributed by atoms with Gasteiger partial charge in [-0.1, -0.05) is 30.3 Å². The molecule has 1 spiro atoms. The van der Waals surface area contributed by atoms with Gasteiger partial charge in [-0.05, 0) is 12.5 Å². The highest BCUT2D eigenvalue weighted by molar-refractivity contribution is 6.18. The first kappa shape index (κ1) is 11.4. The monoisotopic (exact) mass is 250 g/mol. The van der Waals surface area contributed by atoms with E-state index in [9.17, 15) is 15.3 Å². The number of nitrogens with zero attached hydrogens (tertiary/aromatic N) is 3. The van der Waals surface area contributed by atoms with E-state index in [1.807, 2.05) is 42.5 Å². The van der Waals surface area contributed by atoms with Crippen LogP contribution in [-0.2, 0) is 4.79 Å². The predicted molar refractivity (Wildman–Crippen MR) is 66.5 cm³/mol. The molecule has 5 nitrogen and oxygen atoms in total. The van der Waals surface area contributed by atoms with E-state index in [1.165, 1.54) is 0 Å². The number of benzene rings is 1. The summed E-state index contributed by atoms with van der Waals surface area (Å²) in [5.41, 5.74) is 1.23. The minimum absolute atomic E-state index is 0.359. The largest absolute Gasteiger partial charge is 0.272 e. The number of carbonyl (C=O) groups excluding carboxylic acids is 1. The molecule has 92 valence electrons. The molecule has 2 unspecified atom stereocenters. The second-order valence-corrected chi connectivity index (χ2v) is 4.82. The van der Waals surface area contributed by atoms with Gasteiger partial charge in [0.2, 0.25) is 0 Å². The molecule has 1 heterocycles. The number of hydrazone groups is 1. The zero-order chi connectivity index (χ0) is 13.7. The molecule has 0 radical (unpaired) electrons. The van der Waals surface area contributed by atoms with Crippen LogP contribution in [0.2, 0.25) is 0 Å². The maximum atomic E-state index is 12.2. The van der Waals surface area contributed by atoms with Gasteiger partial charge in [-0.25, -0.2) is 5.43 Å². The zero-order valence-corrected chi connectivity index (χ0v) is 10.2. The van der Waals surface area contributed by atoms with E-state index in [0.717, 1.165) is 5.56 Å². The minimum atomic E-state index is -1.36. The van der Waals surface area contributed by atoms with Gasteiger partial charge >= 0.3 is 0 Å². The van der Waals surface area contributed by atoms with Crippen LogP contribution in [0.25, 0.3) is 0 Å². The normalized spacial score (nSPS) is 30.2. The highest BCUT2D eigenvalue weighted by atomic mass is 16.2. The van der Waals surface area contributed by atoms with E-state index in [-0.39, 0.29) is 5.91 Å². The average Bonchev–Trinajstić information content (AvgIpc) is 2.99. The van der Waals surface area contributed by atoms with Crippen molar-refractivity contribution in [3.05, 3.63) is 35.9 Å². The van der Waals surface area contributed by atoms with Crippen molar-refractivity contribution in [2.45, 2.75) is 12.8 Å². The standard InChI is InChI=1S/C14H10N4O/c1-9-14(12(19)18-17-9)11(13(14,7-15)8-16)10-5-3-2-4-6-10/h2-6,11H,1H3,(H,18,19). The Bertz CT molecular complexity index is 666. The number of carbonyl (C=O) groups is 1. The molecule has 1 aliphatic heterocycles. The third-order valence-electron chi connectivity index (χ3n) is 4.14. The van der Waals surface area contributed by atoms with Gasteiger partial charge in [0.15, 0.2) is 5.41 Å². The van der Waals surface area contributed by atoms with Crippen LogP contribution in [0.1, 0.15) is 18.4 Å². The van der Waals surface area contributed by atoms with Crippen LogP contribution in [0.4, 0.5) is 0 Å². The van der Waals surface area contributed by atoms with Gasteiger partial charge in [0.25, 0.3) is 5.91 Å². The number of rotatable bonds is 1. The Labute approximate surface area is 110 Å². The molecule has 2 atom stereocenters. The van der Waals surface area contributed by atoms with Gasteiger partial charge in [-0.3, -0.25) is 4.79 Å². The van der Waals surface area contributed by atoms with Gasteiger partial charge < -0.3 is 0 Å². The molecule has 0 bridgehead atoms. The Balaban J connectivity index is 2.22. The lowest BCUT2D eigenvalue weighted by molar-refractivity contribution is -0.123. The highest BCUT2D eigenvalue weighted by Crippen LogP contribution is 2.75. The molecule has 3 rings (SSSR count). The van der Waals surface area contributed by atoms with Crippen molar-refractivity contribution in [3.8, 4) is 12.1 Å². The lowest BCUT2D eigenvalue weighted by Crippen LogP contribution is -2.29. The first-order valence-electron chi connectivity index (χ1n) is 5.88. The Hall–Kier alpha value is -2.66. The number of hydrogen-bond acceptors (Lipinski definition) is 4. The van der Waals surface area contributed by atoms with E-state index in [2.05, 4.69) is 10.5 Å². The second kappa shape index (κ2) is 3.43. The highest BCUT2D eigenvalue weighted by Gasteiger charge is 2.86. The van der Waals surface area contributed by atoms with E-state index in [4.69, 9.17) is 0 Å². The fraction of sp³-hybridized carbons (Fsp3) is 0.286. The molecule has 1 amide bonds. The molecule has 2 aliphatic rings. The minimum Gasteiger partial charge on any atom is -0.272 e. The molecule has 0 saturated heterocycles. The average molecular weight is 250 g/mol. The van der Waals surface area contributed by atoms with Crippen molar-refractivity contribution >= 4 is 11.6 Å². The summed E-state index contributed by atoms with van der Waals surface area (Å²) < 4.78 is 0. The molecule has 1 saturated carbocycles. The SMILES string of the molecule is CC1=NNC(=O)C12C(c1ccccc1)C2(C#N)C#N. The molecule has 19 heavy (non-hydrogen) atoms. The summed E-state index contributed by atoms with van der Waals surface area (Å²) in [6.45, 7) is 1.68. The van der Waals surface area contributed by atoms with Crippen LogP contribution in [0.15, 0.2) is 35.4 Å². The van der Waals surface area contributed by atoms with Crippen LogP contribution in [-0.4, -0.2) is 11.6 Å². The number of nitriles is 2. The topological polar surface area (TPSA) is 89.0 Å². The quantitative estimate of drug-likeness (QED) is 0.814. The van der Waals surface area contributed by atoms with E-state index < -0.39 is 16.7 Å². The smallest absolute Gasteiger partial charge is 0.255 e. The Morgan fingerprint density at radius 1 is 1.26 bits per heavy atom. The first-order valence-corrected chi connectivity index (χ1v) is 5.88. The fourth-order valence-corrected chi connectivity index (χ4v) is 3.23. The molecule has 5 heteroatoms.